The van der Waals surface area contributed by atoms with Crippen LogP contribution in [0.2, 0.25) is 0 Å². The Morgan fingerprint density at radius 3 is 2.55 bits per heavy atom. The molecule has 1 aliphatic heterocycles. The van der Waals surface area contributed by atoms with Crippen LogP contribution in [0.15, 0.2) is 0 Å². The molecule has 1 heterocycles. The highest BCUT2D eigenvalue weighted by molar-refractivity contribution is 8.21. The highest BCUT2D eigenvalue weighted by Crippen LogP contribution is 2.63. The topological polar surface area (TPSA) is 72.8 Å². The fourth-order valence-corrected chi connectivity index (χ4v) is 8.04. The molecule has 3 rings (SSSR count). The third kappa shape index (κ3) is 2.50. The monoisotopic (exact) mass is 346 g/mol. The summed E-state index contributed by atoms with van der Waals surface area (Å²) in [6.45, 7) is 0. The van der Waals surface area contributed by atoms with Crippen molar-refractivity contribution in [2.75, 3.05) is 25.7 Å². The molecular formula is C15H22O5S2. The van der Waals surface area contributed by atoms with Crippen LogP contribution in [0, 0.1) is 23.7 Å². The van der Waals surface area contributed by atoms with Gasteiger partial charge in [-0.1, -0.05) is 0 Å². The molecule has 0 aromatic rings. The van der Waals surface area contributed by atoms with Gasteiger partial charge in [-0.25, -0.2) is 0 Å². The zero-order valence-corrected chi connectivity index (χ0v) is 14.5. The number of rotatable bonds is 3. The van der Waals surface area contributed by atoms with Gasteiger partial charge in [0.1, 0.15) is 5.78 Å². The summed E-state index contributed by atoms with van der Waals surface area (Å²) in [5.74, 6) is 1.26. The highest BCUT2D eigenvalue weighted by atomic mass is 32.2. The fourth-order valence-electron chi connectivity index (χ4n) is 4.26. The average Bonchev–Trinajstić information content (AvgIpc) is 3.02. The largest absolute Gasteiger partial charge is 0.469 e. The number of hydrogen-bond donors (Lipinski definition) is 1. The van der Waals surface area contributed by atoms with Crippen LogP contribution in [-0.2, 0) is 19.1 Å². The molecule has 1 spiro atoms. The van der Waals surface area contributed by atoms with Crippen LogP contribution in [0.25, 0.3) is 0 Å². The molecule has 0 aromatic carbocycles. The maximum absolute atomic E-state index is 12.6. The van der Waals surface area contributed by atoms with Crippen LogP contribution >= 0.6 is 23.5 Å². The number of thioether (sulfide) groups is 2. The Hall–Kier alpha value is -0.240. The number of aliphatic hydroxyl groups is 1. The minimum Gasteiger partial charge on any atom is -0.469 e. The normalized spacial score (nSPS) is 38.0. The Kier molecular flexibility index (Phi) is 4.79. The molecule has 0 amide bonds. The Morgan fingerprint density at radius 1 is 1.27 bits per heavy atom. The van der Waals surface area contributed by atoms with Gasteiger partial charge >= 0.3 is 5.97 Å². The van der Waals surface area contributed by atoms with Crippen molar-refractivity contribution < 1.29 is 24.2 Å². The fraction of sp³-hybridized carbons (Fsp3) is 0.867. The Bertz CT molecular complexity index is 463. The van der Waals surface area contributed by atoms with E-state index in [1.54, 1.807) is 0 Å². The molecule has 7 heteroatoms. The van der Waals surface area contributed by atoms with E-state index in [1.807, 2.05) is 23.5 Å². The van der Waals surface area contributed by atoms with Crippen LogP contribution in [0.5, 0.6) is 0 Å². The van der Waals surface area contributed by atoms with E-state index in [4.69, 9.17) is 9.47 Å². The zero-order valence-electron chi connectivity index (χ0n) is 12.8. The van der Waals surface area contributed by atoms with Gasteiger partial charge in [0.15, 0.2) is 6.29 Å². The molecule has 22 heavy (non-hydrogen) atoms. The van der Waals surface area contributed by atoms with E-state index in [9.17, 15) is 14.7 Å². The van der Waals surface area contributed by atoms with E-state index in [0.717, 1.165) is 17.9 Å². The molecule has 5 atom stereocenters. The van der Waals surface area contributed by atoms with E-state index >= 15 is 0 Å². The van der Waals surface area contributed by atoms with E-state index in [-0.39, 0.29) is 33.6 Å². The first-order valence-electron chi connectivity index (χ1n) is 7.63. The summed E-state index contributed by atoms with van der Waals surface area (Å²) in [5.41, 5.74) is 0. The molecule has 1 N–H and O–H groups in total. The number of Topliss-reactive ketones (excluding diaryl/α,β-unsaturated/α-hetero) is 1. The third-order valence-corrected chi connectivity index (χ3v) is 9.18. The third-order valence-electron chi connectivity index (χ3n) is 5.26. The number of ether oxygens (including phenoxy) is 2. The van der Waals surface area contributed by atoms with Gasteiger partial charge in [-0.3, -0.25) is 9.59 Å². The van der Waals surface area contributed by atoms with Gasteiger partial charge in [-0.05, 0) is 25.2 Å². The van der Waals surface area contributed by atoms with Gasteiger partial charge in [0, 0.05) is 24.5 Å². The van der Waals surface area contributed by atoms with Gasteiger partial charge in [0.05, 0.1) is 23.0 Å². The maximum atomic E-state index is 12.6. The molecule has 2 aliphatic carbocycles. The summed E-state index contributed by atoms with van der Waals surface area (Å²) >= 11 is 3.67. The van der Waals surface area contributed by atoms with Crippen LogP contribution in [0.1, 0.15) is 19.3 Å². The zero-order chi connectivity index (χ0) is 15.9. The second-order valence-electron chi connectivity index (χ2n) is 6.23. The molecule has 124 valence electrons. The molecule has 3 fully saturated rings. The van der Waals surface area contributed by atoms with Crippen molar-refractivity contribution in [3.8, 4) is 0 Å². The number of fused-ring (bicyclic) bond motifs is 3. The quantitative estimate of drug-likeness (QED) is 0.614. The standard InChI is InChI=1S/C15H22O5S2/c1-19-13(17)10-7-9-5-8(12(10)16)6-11(14(18)20-2)15(9)21-3-4-22-15/h8-11,13,17H,3-7H2,1-2H3/t8-,9+,10+,11+,13-/m1/s1. The molecule has 5 nitrogen and oxygen atoms in total. The first-order chi connectivity index (χ1) is 10.5. The average molecular weight is 346 g/mol. The van der Waals surface area contributed by atoms with Gasteiger partial charge in [-0.15, -0.1) is 23.5 Å². The number of hydrogen-bond acceptors (Lipinski definition) is 7. The SMILES string of the molecule is COC(=O)[C@@H]1C[C@H]2C[C@@H](C[C@H]([C@H](O)OC)C2=O)C12SCCS2. The Balaban J connectivity index is 1.92. The van der Waals surface area contributed by atoms with E-state index in [0.29, 0.717) is 12.8 Å². The summed E-state index contributed by atoms with van der Waals surface area (Å²) in [4.78, 5) is 24.9. The number of carbonyl (C=O) groups excluding carboxylic acids is 2. The van der Waals surface area contributed by atoms with Crippen molar-refractivity contribution in [2.45, 2.75) is 29.6 Å². The number of esters is 1. The van der Waals surface area contributed by atoms with Crippen LogP contribution in [-0.4, -0.2) is 53.0 Å². The molecule has 0 radical (unpaired) electrons. The summed E-state index contributed by atoms with van der Waals surface area (Å²) < 4.78 is 9.82. The predicted molar refractivity (Wildman–Crippen MR) is 85.5 cm³/mol. The molecule has 0 unspecified atom stereocenters. The number of ketones is 1. The number of aliphatic hydroxyl groups excluding tert-OH is 1. The lowest BCUT2D eigenvalue weighted by atomic mass is 9.63. The van der Waals surface area contributed by atoms with Crippen molar-refractivity contribution in [1.29, 1.82) is 0 Å². The van der Waals surface area contributed by atoms with Crippen molar-refractivity contribution in [1.82, 2.24) is 0 Å². The summed E-state index contributed by atoms with van der Waals surface area (Å²) in [7, 11) is 2.85. The summed E-state index contributed by atoms with van der Waals surface area (Å²) in [6, 6.07) is 0. The van der Waals surface area contributed by atoms with Crippen molar-refractivity contribution >= 4 is 35.3 Å². The van der Waals surface area contributed by atoms with E-state index in [1.165, 1.54) is 14.2 Å². The first kappa shape index (κ1) is 16.6. The Labute approximate surface area is 138 Å². The van der Waals surface area contributed by atoms with E-state index < -0.39 is 12.2 Å². The number of carbonyl (C=O) groups is 2. The van der Waals surface area contributed by atoms with Crippen LogP contribution < -0.4 is 0 Å². The second kappa shape index (κ2) is 6.34. The van der Waals surface area contributed by atoms with Crippen molar-refractivity contribution in [3.63, 3.8) is 0 Å². The van der Waals surface area contributed by atoms with Gasteiger partial charge < -0.3 is 14.6 Å². The lowest BCUT2D eigenvalue weighted by molar-refractivity contribution is -0.164. The molecule has 1 saturated heterocycles. The minimum absolute atomic E-state index is 0.0438. The maximum Gasteiger partial charge on any atom is 0.310 e. The minimum atomic E-state index is -1.04. The summed E-state index contributed by atoms with van der Waals surface area (Å²) in [6.07, 6.45) is 0.910. The molecule has 3 aliphatic rings. The van der Waals surface area contributed by atoms with Gasteiger partial charge in [0.25, 0.3) is 0 Å². The van der Waals surface area contributed by atoms with Crippen LogP contribution in [0.4, 0.5) is 0 Å². The van der Waals surface area contributed by atoms with E-state index in [2.05, 4.69) is 0 Å². The molecule has 0 aromatic heterocycles. The van der Waals surface area contributed by atoms with Gasteiger partial charge in [-0.2, -0.15) is 0 Å². The molecular weight excluding hydrogens is 324 g/mol. The lowest BCUT2D eigenvalue weighted by Crippen LogP contribution is -2.55. The second-order valence-corrected chi connectivity index (χ2v) is 9.23. The lowest BCUT2D eigenvalue weighted by Gasteiger charge is -2.51. The molecule has 2 saturated carbocycles. The predicted octanol–water partition coefficient (Wildman–Crippen LogP) is 1.53. The molecule has 2 bridgehead atoms. The van der Waals surface area contributed by atoms with Crippen molar-refractivity contribution in [3.05, 3.63) is 0 Å². The number of methoxy groups -OCH3 is 2. The van der Waals surface area contributed by atoms with Crippen LogP contribution in [0.3, 0.4) is 0 Å². The summed E-state index contributed by atoms with van der Waals surface area (Å²) in [5, 5.41) is 10.0. The first-order valence-corrected chi connectivity index (χ1v) is 9.61. The van der Waals surface area contributed by atoms with Crippen molar-refractivity contribution in [2.24, 2.45) is 23.7 Å². The smallest absolute Gasteiger partial charge is 0.310 e. The highest BCUT2D eigenvalue weighted by Gasteiger charge is 2.60. The van der Waals surface area contributed by atoms with Gasteiger partial charge in [0.2, 0.25) is 0 Å². The Morgan fingerprint density at radius 2 is 1.95 bits per heavy atom.